The highest BCUT2D eigenvalue weighted by Crippen LogP contribution is 2.39. The van der Waals surface area contributed by atoms with Crippen molar-refractivity contribution in [2.75, 3.05) is 4.90 Å². The van der Waals surface area contributed by atoms with Crippen LogP contribution in [0.2, 0.25) is 0 Å². The Morgan fingerprint density at radius 3 is 2.40 bits per heavy atom. The number of anilines is 1. The Hall–Kier alpha value is -3.91. The molecule has 1 aliphatic rings. The van der Waals surface area contributed by atoms with Gasteiger partial charge >= 0.3 is 0 Å². The number of nitrogens with zero attached hydrogens (tertiary/aromatic N) is 3. The Labute approximate surface area is 207 Å². The first kappa shape index (κ1) is 22.9. The average Bonchev–Trinajstić information content (AvgIpc) is 3.31. The van der Waals surface area contributed by atoms with Gasteiger partial charge in [-0.05, 0) is 92.1 Å². The Morgan fingerprint density at radius 1 is 0.914 bits per heavy atom. The van der Waals surface area contributed by atoms with Crippen LogP contribution in [0.5, 0.6) is 0 Å². The highest BCUT2D eigenvalue weighted by Gasteiger charge is 2.35. The van der Waals surface area contributed by atoms with Gasteiger partial charge in [0.25, 0.3) is 5.89 Å². The summed E-state index contributed by atoms with van der Waals surface area (Å²) in [6.07, 6.45) is 0. The molecule has 0 saturated heterocycles. The summed E-state index contributed by atoms with van der Waals surface area (Å²) in [7, 11) is 0. The Kier molecular flexibility index (Phi) is 5.90. The van der Waals surface area contributed by atoms with Gasteiger partial charge < -0.3 is 9.84 Å². The minimum atomic E-state index is -0.368. The molecule has 0 fully saturated rings. The van der Waals surface area contributed by atoms with Gasteiger partial charge in [-0.25, -0.2) is 8.78 Å². The molecule has 2 heterocycles. The topological polar surface area (TPSA) is 54.2 Å². The van der Waals surface area contributed by atoms with E-state index in [9.17, 15) is 8.78 Å². The summed E-state index contributed by atoms with van der Waals surface area (Å²) in [5.41, 5.74) is 5.94. The van der Waals surface area contributed by atoms with Crippen molar-refractivity contribution >= 4 is 28.6 Å². The van der Waals surface area contributed by atoms with E-state index in [1.165, 1.54) is 29.8 Å². The monoisotopic (exact) mass is 488 g/mol. The molecule has 1 N–H and O–H groups in total. The number of nitrogens with one attached hydrogen (secondary N) is 1. The number of aromatic nitrogens is 2. The SMILES string of the molecule is CC1=C(c2nc(-c3ccc(F)cc3)no2)C(c2ccc(C)c(C)c2)NC(=S)N1c1cccc(F)c1. The minimum Gasteiger partial charge on any atom is -0.351 e. The number of hydrogen-bond donors (Lipinski definition) is 1. The summed E-state index contributed by atoms with van der Waals surface area (Å²) in [5.74, 6) is -0.0834. The first-order valence-corrected chi connectivity index (χ1v) is 11.5. The number of allylic oxidation sites excluding steroid dienone is 1. The third-order valence-corrected chi connectivity index (χ3v) is 6.47. The summed E-state index contributed by atoms with van der Waals surface area (Å²) >= 11 is 5.72. The van der Waals surface area contributed by atoms with Gasteiger partial charge in [0, 0.05) is 11.3 Å². The maximum atomic E-state index is 14.1. The third kappa shape index (κ3) is 4.33. The molecule has 176 valence electrons. The fourth-order valence-electron chi connectivity index (χ4n) is 4.19. The number of rotatable bonds is 4. The molecule has 0 amide bonds. The second-order valence-electron chi connectivity index (χ2n) is 8.47. The van der Waals surface area contributed by atoms with Crippen molar-refractivity contribution in [1.29, 1.82) is 0 Å². The number of hydrogen-bond acceptors (Lipinski definition) is 4. The maximum absolute atomic E-state index is 14.1. The van der Waals surface area contributed by atoms with Gasteiger partial charge in [0.2, 0.25) is 5.82 Å². The van der Waals surface area contributed by atoms with Crippen LogP contribution in [-0.4, -0.2) is 15.3 Å². The van der Waals surface area contributed by atoms with Crippen molar-refractivity contribution in [2.24, 2.45) is 0 Å². The zero-order valence-electron chi connectivity index (χ0n) is 19.3. The Balaban J connectivity index is 1.67. The summed E-state index contributed by atoms with van der Waals surface area (Å²) < 4.78 is 33.2. The predicted octanol–water partition coefficient (Wildman–Crippen LogP) is 6.50. The molecule has 35 heavy (non-hydrogen) atoms. The maximum Gasteiger partial charge on any atom is 0.258 e. The molecule has 1 aliphatic heterocycles. The minimum absolute atomic E-state index is 0.293. The Bertz CT molecular complexity index is 1460. The van der Waals surface area contributed by atoms with E-state index in [0.29, 0.717) is 33.7 Å². The lowest BCUT2D eigenvalue weighted by Gasteiger charge is -2.37. The number of thiocarbonyl (C=S) groups is 1. The van der Waals surface area contributed by atoms with E-state index in [2.05, 4.69) is 41.4 Å². The molecule has 3 aromatic carbocycles. The average molecular weight is 489 g/mol. The predicted molar refractivity (Wildman–Crippen MR) is 136 cm³/mol. The highest BCUT2D eigenvalue weighted by atomic mass is 32.1. The van der Waals surface area contributed by atoms with E-state index >= 15 is 0 Å². The quantitative estimate of drug-likeness (QED) is 0.331. The number of halogens is 2. The van der Waals surface area contributed by atoms with Crippen molar-refractivity contribution in [3.05, 3.63) is 107 Å². The van der Waals surface area contributed by atoms with Crippen LogP contribution in [0.15, 0.2) is 77.0 Å². The van der Waals surface area contributed by atoms with Crippen LogP contribution in [0.25, 0.3) is 17.0 Å². The van der Waals surface area contributed by atoms with Crippen LogP contribution >= 0.6 is 12.2 Å². The molecule has 5 rings (SSSR count). The molecule has 0 aliphatic carbocycles. The van der Waals surface area contributed by atoms with E-state index in [-0.39, 0.29) is 17.7 Å². The molecule has 1 aromatic heterocycles. The second kappa shape index (κ2) is 9.03. The molecular formula is C27H22F2N4OS. The molecule has 0 saturated carbocycles. The van der Waals surface area contributed by atoms with Crippen LogP contribution in [0.1, 0.15) is 35.5 Å². The molecule has 0 radical (unpaired) electrons. The van der Waals surface area contributed by atoms with E-state index in [1.54, 1.807) is 29.2 Å². The first-order valence-electron chi connectivity index (χ1n) is 11.1. The smallest absolute Gasteiger partial charge is 0.258 e. The zero-order chi connectivity index (χ0) is 24.7. The van der Waals surface area contributed by atoms with E-state index < -0.39 is 0 Å². The normalized spacial score (nSPS) is 16.0. The van der Waals surface area contributed by atoms with Crippen molar-refractivity contribution < 1.29 is 13.3 Å². The van der Waals surface area contributed by atoms with Crippen LogP contribution < -0.4 is 10.2 Å². The molecule has 8 heteroatoms. The van der Waals surface area contributed by atoms with Crippen LogP contribution in [0.3, 0.4) is 0 Å². The standard InChI is InChI=1S/C27H22F2N4OS/c1-15-7-8-19(13-16(15)2)24-23(26-31-25(32-34-26)18-9-11-20(28)12-10-18)17(3)33(27(35)30-24)22-6-4-5-21(29)14-22/h4-14,24H,1-3H3,(H,30,35). The van der Waals surface area contributed by atoms with Crippen molar-refractivity contribution in [1.82, 2.24) is 15.5 Å². The van der Waals surface area contributed by atoms with Crippen LogP contribution in [0, 0.1) is 25.5 Å². The highest BCUT2D eigenvalue weighted by molar-refractivity contribution is 7.80. The first-order chi connectivity index (χ1) is 16.8. The summed E-state index contributed by atoms with van der Waals surface area (Å²) in [6.45, 7) is 6.00. The van der Waals surface area contributed by atoms with Crippen LogP contribution in [0.4, 0.5) is 14.5 Å². The molecule has 4 aromatic rings. The fourth-order valence-corrected chi connectivity index (χ4v) is 4.55. The van der Waals surface area contributed by atoms with Gasteiger partial charge in [0.1, 0.15) is 11.6 Å². The van der Waals surface area contributed by atoms with Gasteiger partial charge in [-0.2, -0.15) is 4.98 Å². The van der Waals surface area contributed by atoms with E-state index in [1.807, 2.05) is 13.0 Å². The zero-order valence-corrected chi connectivity index (χ0v) is 20.2. The molecule has 1 atom stereocenters. The van der Waals surface area contributed by atoms with Gasteiger partial charge in [0.05, 0.1) is 17.3 Å². The van der Waals surface area contributed by atoms with E-state index in [0.717, 1.165) is 16.8 Å². The molecular weight excluding hydrogens is 466 g/mol. The van der Waals surface area contributed by atoms with Gasteiger partial charge in [0.15, 0.2) is 5.11 Å². The molecule has 0 spiro atoms. The second-order valence-corrected chi connectivity index (χ2v) is 8.86. The number of aryl methyl sites for hydroxylation is 2. The van der Waals surface area contributed by atoms with Gasteiger partial charge in [-0.3, -0.25) is 4.90 Å². The summed E-state index contributed by atoms with van der Waals surface area (Å²) in [4.78, 5) is 6.39. The lowest BCUT2D eigenvalue weighted by Crippen LogP contribution is -2.46. The van der Waals surface area contributed by atoms with Crippen molar-refractivity contribution in [3.8, 4) is 11.4 Å². The fraction of sp³-hybridized carbons (Fsp3) is 0.148. The molecule has 5 nitrogen and oxygen atoms in total. The Morgan fingerprint density at radius 2 is 1.69 bits per heavy atom. The van der Waals surface area contributed by atoms with E-state index in [4.69, 9.17) is 16.7 Å². The van der Waals surface area contributed by atoms with Crippen LogP contribution in [-0.2, 0) is 0 Å². The van der Waals surface area contributed by atoms with Gasteiger partial charge in [-0.1, -0.05) is 29.4 Å². The largest absolute Gasteiger partial charge is 0.351 e. The lowest BCUT2D eigenvalue weighted by atomic mass is 9.92. The van der Waals surface area contributed by atoms with Crippen molar-refractivity contribution in [2.45, 2.75) is 26.8 Å². The lowest BCUT2D eigenvalue weighted by molar-refractivity contribution is 0.404. The summed E-state index contributed by atoms with van der Waals surface area (Å²) in [6, 6.07) is 17.9. The molecule has 0 bridgehead atoms. The van der Waals surface area contributed by atoms with Gasteiger partial charge in [-0.15, -0.1) is 0 Å². The number of benzene rings is 3. The summed E-state index contributed by atoms with van der Waals surface area (Å²) in [5, 5.41) is 7.95. The molecule has 1 unspecified atom stereocenters. The van der Waals surface area contributed by atoms with Crippen molar-refractivity contribution in [3.63, 3.8) is 0 Å². The third-order valence-electron chi connectivity index (χ3n) is 6.17.